The fourth-order valence-electron chi connectivity index (χ4n) is 1.58. The summed E-state index contributed by atoms with van der Waals surface area (Å²) in [6.07, 6.45) is 2.27. The molecule has 0 unspecified atom stereocenters. The Labute approximate surface area is 114 Å². The molecule has 110 valence electrons. The first kappa shape index (κ1) is 15.7. The van der Waals surface area contributed by atoms with Crippen LogP contribution in [0.5, 0.6) is 5.88 Å². The van der Waals surface area contributed by atoms with Crippen LogP contribution in [0.3, 0.4) is 0 Å². The van der Waals surface area contributed by atoms with Crippen LogP contribution in [0.4, 0.5) is 0 Å². The second kappa shape index (κ2) is 7.27. The molecule has 0 spiro atoms. The van der Waals surface area contributed by atoms with Crippen molar-refractivity contribution in [2.75, 3.05) is 0 Å². The number of carbonyl (C=O) groups excluding carboxylic acids is 1. The van der Waals surface area contributed by atoms with Crippen molar-refractivity contribution in [3.8, 4) is 5.88 Å². The van der Waals surface area contributed by atoms with Gasteiger partial charge in [-0.3, -0.25) is 19.6 Å². The number of nitrogens with one attached hydrogen (secondary N) is 3. The summed E-state index contributed by atoms with van der Waals surface area (Å²) >= 11 is 0. The van der Waals surface area contributed by atoms with Gasteiger partial charge < -0.3 is 5.11 Å². The molecular formula is C12H18N4O4. The standard InChI is InChI=1S/C12H18N4O4/c1-3-5-6-8(17)16-15-7(4-2)9-10(18)13-12(20)14-11(9)19/h3-6H2,1-2H3,(H,16,17)(H3,13,14,18,19,20). The highest BCUT2D eigenvalue weighted by Crippen LogP contribution is 2.08. The zero-order valence-electron chi connectivity index (χ0n) is 11.4. The molecule has 1 aromatic heterocycles. The number of aromatic nitrogens is 2. The molecule has 0 atom stereocenters. The fraction of sp³-hybridized carbons (Fsp3) is 0.500. The Morgan fingerprint density at radius 3 is 2.55 bits per heavy atom. The number of nitrogens with zero attached hydrogens (tertiary/aromatic N) is 1. The molecule has 0 saturated carbocycles. The summed E-state index contributed by atoms with van der Waals surface area (Å²) in [7, 11) is 0. The van der Waals surface area contributed by atoms with E-state index in [1.807, 2.05) is 11.9 Å². The third kappa shape index (κ3) is 4.08. The summed E-state index contributed by atoms with van der Waals surface area (Å²) < 4.78 is 0. The Balaban J connectivity index is 3.00. The summed E-state index contributed by atoms with van der Waals surface area (Å²) in [6, 6.07) is 0. The number of rotatable bonds is 6. The van der Waals surface area contributed by atoms with Crippen LogP contribution in [0.25, 0.3) is 0 Å². The van der Waals surface area contributed by atoms with E-state index in [1.54, 1.807) is 6.92 Å². The van der Waals surface area contributed by atoms with Crippen LogP contribution in [-0.4, -0.2) is 26.7 Å². The van der Waals surface area contributed by atoms with Crippen LogP contribution in [0, 0.1) is 0 Å². The Kier molecular flexibility index (Phi) is 5.70. The Morgan fingerprint density at radius 1 is 1.30 bits per heavy atom. The molecule has 0 bridgehead atoms. The van der Waals surface area contributed by atoms with E-state index >= 15 is 0 Å². The molecule has 4 N–H and O–H groups in total. The lowest BCUT2D eigenvalue weighted by atomic mass is 10.1. The molecule has 0 radical (unpaired) electrons. The Hall–Kier alpha value is -2.38. The third-order valence-electron chi connectivity index (χ3n) is 2.62. The molecular weight excluding hydrogens is 264 g/mol. The summed E-state index contributed by atoms with van der Waals surface area (Å²) in [4.78, 5) is 38.1. The van der Waals surface area contributed by atoms with Crippen LogP contribution < -0.4 is 16.7 Å². The fourth-order valence-corrected chi connectivity index (χ4v) is 1.58. The molecule has 20 heavy (non-hydrogen) atoms. The molecule has 1 aromatic rings. The minimum Gasteiger partial charge on any atom is -0.494 e. The SMILES string of the molecule is CCCCC(=O)NN=C(CC)c1c(O)[nH]c(=O)[nH]c1=O. The van der Waals surface area contributed by atoms with E-state index < -0.39 is 17.1 Å². The first-order valence-electron chi connectivity index (χ1n) is 6.40. The van der Waals surface area contributed by atoms with Gasteiger partial charge in [-0.15, -0.1) is 0 Å². The van der Waals surface area contributed by atoms with Gasteiger partial charge in [0.2, 0.25) is 11.8 Å². The molecule has 8 heteroatoms. The number of aromatic amines is 2. The molecule has 8 nitrogen and oxygen atoms in total. The van der Waals surface area contributed by atoms with Gasteiger partial charge in [0.05, 0.1) is 5.71 Å². The summed E-state index contributed by atoms with van der Waals surface area (Å²) in [5.41, 5.74) is 0.802. The van der Waals surface area contributed by atoms with E-state index in [2.05, 4.69) is 15.5 Å². The lowest BCUT2D eigenvalue weighted by Gasteiger charge is -2.05. The molecule has 0 fully saturated rings. The molecule has 0 aliphatic heterocycles. The summed E-state index contributed by atoms with van der Waals surface area (Å²) in [5.74, 6) is -0.833. The van der Waals surface area contributed by atoms with Crippen molar-refractivity contribution in [3.05, 3.63) is 26.4 Å². The predicted molar refractivity (Wildman–Crippen MR) is 73.8 cm³/mol. The van der Waals surface area contributed by atoms with Gasteiger partial charge in [0.15, 0.2) is 0 Å². The highest BCUT2D eigenvalue weighted by Gasteiger charge is 2.14. The van der Waals surface area contributed by atoms with E-state index in [0.717, 1.165) is 12.8 Å². The van der Waals surface area contributed by atoms with Crippen LogP contribution in [0.15, 0.2) is 14.7 Å². The molecule has 0 aliphatic carbocycles. The number of aromatic hydroxyl groups is 1. The lowest BCUT2D eigenvalue weighted by Crippen LogP contribution is -2.29. The zero-order valence-corrected chi connectivity index (χ0v) is 11.4. The average Bonchev–Trinajstić information content (AvgIpc) is 2.38. The van der Waals surface area contributed by atoms with Crippen molar-refractivity contribution in [2.24, 2.45) is 5.10 Å². The molecule has 0 saturated heterocycles. The van der Waals surface area contributed by atoms with Crippen LogP contribution in [0.1, 0.15) is 45.1 Å². The van der Waals surface area contributed by atoms with Crippen molar-refractivity contribution in [1.29, 1.82) is 0 Å². The monoisotopic (exact) mass is 282 g/mol. The van der Waals surface area contributed by atoms with Crippen LogP contribution >= 0.6 is 0 Å². The maximum absolute atomic E-state index is 11.6. The molecule has 0 aliphatic rings. The smallest absolute Gasteiger partial charge is 0.328 e. The van der Waals surface area contributed by atoms with Crippen molar-refractivity contribution in [2.45, 2.75) is 39.5 Å². The predicted octanol–water partition coefficient (Wildman–Crippen LogP) is 0.189. The van der Waals surface area contributed by atoms with E-state index in [0.29, 0.717) is 12.8 Å². The molecule has 1 amide bonds. The van der Waals surface area contributed by atoms with Gasteiger partial charge in [0, 0.05) is 6.42 Å². The van der Waals surface area contributed by atoms with Gasteiger partial charge in [0.1, 0.15) is 5.56 Å². The van der Waals surface area contributed by atoms with Crippen molar-refractivity contribution < 1.29 is 9.90 Å². The van der Waals surface area contributed by atoms with E-state index in [1.165, 1.54) is 0 Å². The lowest BCUT2D eigenvalue weighted by molar-refractivity contribution is -0.121. The number of H-pyrrole nitrogens is 2. The van der Waals surface area contributed by atoms with Gasteiger partial charge in [-0.05, 0) is 12.8 Å². The van der Waals surface area contributed by atoms with Gasteiger partial charge >= 0.3 is 5.69 Å². The highest BCUT2D eigenvalue weighted by molar-refractivity contribution is 6.02. The highest BCUT2D eigenvalue weighted by atomic mass is 16.3. The first-order valence-corrected chi connectivity index (χ1v) is 6.40. The number of hydrazone groups is 1. The molecule has 1 rings (SSSR count). The zero-order chi connectivity index (χ0) is 15.1. The second-order valence-corrected chi connectivity index (χ2v) is 4.18. The largest absolute Gasteiger partial charge is 0.494 e. The van der Waals surface area contributed by atoms with Gasteiger partial charge in [-0.2, -0.15) is 5.10 Å². The number of carbonyl (C=O) groups is 1. The maximum atomic E-state index is 11.6. The van der Waals surface area contributed by atoms with Crippen molar-refractivity contribution in [1.82, 2.24) is 15.4 Å². The van der Waals surface area contributed by atoms with Crippen LogP contribution in [0.2, 0.25) is 0 Å². The minimum absolute atomic E-state index is 0.150. The summed E-state index contributed by atoms with van der Waals surface area (Å²) in [5, 5.41) is 13.4. The minimum atomic E-state index is -0.807. The van der Waals surface area contributed by atoms with Crippen molar-refractivity contribution in [3.63, 3.8) is 0 Å². The summed E-state index contributed by atoms with van der Waals surface area (Å²) in [6.45, 7) is 3.67. The molecule has 1 heterocycles. The first-order chi connectivity index (χ1) is 9.49. The normalized spacial score (nSPS) is 11.4. The Morgan fingerprint density at radius 2 is 2.00 bits per heavy atom. The van der Waals surface area contributed by atoms with E-state index in [-0.39, 0.29) is 17.2 Å². The Bertz CT molecular complexity index is 615. The van der Waals surface area contributed by atoms with Gasteiger partial charge in [0.25, 0.3) is 5.56 Å². The average molecular weight is 282 g/mol. The maximum Gasteiger partial charge on any atom is 0.328 e. The second-order valence-electron chi connectivity index (χ2n) is 4.18. The number of amides is 1. The number of hydrogen-bond acceptors (Lipinski definition) is 5. The van der Waals surface area contributed by atoms with Crippen LogP contribution in [-0.2, 0) is 4.79 Å². The molecule has 0 aromatic carbocycles. The van der Waals surface area contributed by atoms with Gasteiger partial charge in [-0.1, -0.05) is 20.3 Å². The van der Waals surface area contributed by atoms with E-state index in [9.17, 15) is 19.5 Å². The quantitative estimate of drug-likeness (QED) is 0.438. The van der Waals surface area contributed by atoms with Gasteiger partial charge in [-0.25, -0.2) is 10.2 Å². The number of unbranched alkanes of at least 4 members (excludes halogenated alkanes) is 1. The topological polar surface area (TPSA) is 127 Å². The van der Waals surface area contributed by atoms with Crippen molar-refractivity contribution >= 4 is 11.6 Å². The third-order valence-corrected chi connectivity index (χ3v) is 2.62. The van der Waals surface area contributed by atoms with E-state index in [4.69, 9.17) is 0 Å². The number of hydrogen-bond donors (Lipinski definition) is 4.